The minimum Gasteiger partial charge on any atom is -0.481 e. The van der Waals surface area contributed by atoms with Crippen LogP contribution < -0.4 is 0 Å². The van der Waals surface area contributed by atoms with Gasteiger partial charge in [-0.2, -0.15) is 0 Å². The van der Waals surface area contributed by atoms with E-state index >= 15 is 0 Å². The molecule has 6 nitrogen and oxygen atoms in total. The number of unbranched alkanes of at least 4 members (excludes halogenated alkanes) is 1. The summed E-state index contributed by atoms with van der Waals surface area (Å²) in [6.07, 6.45) is 4.37. The number of carboxylic acids is 1. The number of isocyanates is 2. The second-order valence-corrected chi connectivity index (χ2v) is 2.94. The number of carboxylic acid groups (broad SMARTS) is 1. The maximum absolute atomic E-state index is 10.6. The zero-order valence-corrected chi connectivity index (χ0v) is 8.18. The smallest absolute Gasteiger partial charge is 0.308 e. The van der Waals surface area contributed by atoms with Crippen molar-refractivity contribution in [2.24, 2.45) is 15.9 Å². The first-order chi connectivity index (χ1) is 7.22. The lowest BCUT2D eigenvalue weighted by atomic mass is 10.0. The monoisotopic (exact) mass is 212 g/mol. The molecule has 6 heteroatoms. The lowest BCUT2D eigenvalue weighted by Gasteiger charge is -2.07. The Hall–Kier alpha value is -1.77. The average Bonchev–Trinajstić information content (AvgIpc) is 2.21. The van der Waals surface area contributed by atoms with E-state index in [1.54, 1.807) is 0 Å². The molecule has 0 aromatic carbocycles. The normalized spacial score (nSPS) is 10.9. The van der Waals surface area contributed by atoms with Crippen LogP contribution in [0.2, 0.25) is 0 Å². The summed E-state index contributed by atoms with van der Waals surface area (Å²) in [5.41, 5.74) is 0. The molecular formula is C9H12N2O4. The van der Waals surface area contributed by atoms with Crippen molar-refractivity contribution in [3.05, 3.63) is 0 Å². The van der Waals surface area contributed by atoms with Crippen LogP contribution in [0.4, 0.5) is 0 Å². The Morgan fingerprint density at radius 3 is 2.40 bits per heavy atom. The van der Waals surface area contributed by atoms with Crippen molar-refractivity contribution in [1.82, 2.24) is 0 Å². The predicted molar refractivity (Wildman–Crippen MR) is 51.0 cm³/mol. The largest absolute Gasteiger partial charge is 0.481 e. The fourth-order valence-electron chi connectivity index (χ4n) is 1.07. The van der Waals surface area contributed by atoms with Crippen LogP contribution in [0.3, 0.4) is 0 Å². The van der Waals surface area contributed by atoms with Gasteiger partial charge in [0.05, 0.1) is 19.0 Å². The van der Waals surface area contributed by atoms with Crippen molar-refractivity contribution in [2.45, 2.75) is 19.3 Å². The zero-order chi connectivity index (χ0) is 11.5. The summed E-state index contributed by atoms with van der Waals surface area (Å²) in [5.74, 6) is -1.64. The van der Waals surface area contributed by atoms with E-state index in [9.17, 15) is 14.4 Å². The molecular weight excluding hydrogens is 200 g/mol. The Bertz CT molecular complexity index is 290. The zero-order valence-electron chi connectivity index (χ0n) is 8.18. The predicted octanol–water partition coefficient (Wildman–Crippen LogP) is 0.529. The Morgan fingerprint density at radius 2 is 1.87 bits per heavy atom. The molecule has 0 aromatic heterocycles. The van der Waals surface area contributed by atoms with Gasteiger partial charge in [0.2, 0.25) is 12.2 Å². The summed E-state index contributed by atoms with van der Waals surface area (Å²) in [6.45, 7) is 0.308. The highest BCUT2D eigenvalue weighted by Crippen LogP contribution is 2.09. The second-order valence-electron chi connectivity index (χ2n) is 2.94. The fraction of sp³-hybridized carbons (Fsp3) is 0.667. The lowest BCUT2D eigenvalue weighted by Crippen LogP contribution is -2.16. The van der Waals surface area contributed by atoms with Gasteiger partial charge >= 0.3 is 5.97 Å². The van der Waals surface area contributed by atoms with E-state index in [0.29, 0.717) is 25.8 Å². The third-order valence-electron chi connectivity index (χ3n) is 1.86. The molecule has 0 spiro atoms. The Balaban J connectivity index is 3.80. The lowest BCUT2D eigenvalue weighted by molar-refractivity contribution is -0.141. The molecule has 1 unspecified atom stereocenters. The Labute approximate surface area is 86.7 Å². The maximum Gasteiger partial charge on any atom is 0.308 e. The molecule has 0 rings (SSSR count). The van der Waals surface area contributed by atoms with E-state index in [4.69, 9.17) is 5.11 Å². The number of carbonyl (C=O) groups excluding carboxylic acids is 2. The molecule has 0 saturated carbocycles. The molecule has 1 atom stereocenters. The van der Waals surface area contributed by atoms with Crippen molar-refractivity contribution in [3.63, 3.8) is 0 Å². The molecule has 0 fully saturated rings. The average molecular weight is 212 g/mol. The molecule has 0 aliphatic rings. The van der Waals surface area contributed by atoms with Gasteiger partial charge in [-0.05, 0) is 12.8 Å². The summed E-state index contributed by atoms with van der Waals surface area (Å²) >= 11 is 0. The molecule has 0 saturated heterocycles. The maximum atomic E-state index is 10.6. The van der Waals surface area contributed by atoms with Crippen molar-refractivity contribution in [1.29, 1.82) is 0 Å². The first-order valence-corrected chi connectivity index (χ1v) is 4.52. The number of hydrogen-bond donors (Lipinski definition) is 1. The minimum absolute atomic E-state index is 0.0459. The molecule has 0 bridgehead atoms. The summed E-state index contributed by atoms with van der Waals surface area (Å²) < 4.78 is 0. The van der Waals surface area contributed by atoms with Gasteiger partial charge in [0, 0.05) is 0 Å². The van der Waals surface area contributed by atoms with Gasteiger partial charge in [-0.1, -0.05) is 6.42 Å². The number of rotatable bonds is 8. The number of hydrogen-bond acceptors (Lipinski definition) is 5. The third-order valence-corrected chi connectivity index (χ3v) is 1.86. The first kappa shape index (κ1) is 13.2. The van der Waals surface area contributed by atoms with Crippen LogP contribution >= 0.6 is 0 Å². The highest BCUT2D eigenvalue weighted by Gasteiger charge is 2.15. The summed E-state index contributed by atoms with van der Waals surface area (Å²) in [4.78, 5) is 36.7. The number of aliphatic imine (C=N–C) groups is 2. The third kappa shape index (κ3) is 7.31. The summed E-state index contributed by atoms with van der Waals surface area (Å²) in [6, 6.07) is 0. The van der Waals surface area contributed by atoms with Crippen LogP contribution in [0.15, 0.2) is 9.98 Å². The topological polar surface area (TPSA) is 96.2 Å². The molecule has 0 aromatic rings. The molecule has 0 amide bonds. The second kappa shape index (κ2) is 8.81. The van der Waals surface area contributed by atoms with Gasteiger partial charge in [-0.15, -0.1) is 0 Å². The van der Waals surface area contributed by atoms with E-state index in [-0.39, 0.29) is 6.54 Å². The van der Waals surface area contributed by atoms with Crippen molar-refractivity contribution >= 4 is 18.1 Å². The SMILES string of the molecule is O=C=NCCCCC(CN=C=O)C(=O)O. The Kier molecular flexibility index (Phi) is 7.77. The van der Waals surface area contributed by atoms with Gasteiger partial charge in [0.1, 0.15) is 0 Å². The van der Waals surface area contributed by atoms with Crippen molar-refractivity contribution < 1.29 is 19.5 Å². The van der Waals surface area contributed by atoms with Gasteiger partial charge in [0.25, 0.3) is 0 Å². The molecule has 0 aliphatic heterocycles. The minimum atomic E-state index is -0.979. The van der Waals surface area contributed by atoms with Crippen LogP contribution in [0.5, 0.6) is 0 Å². The van der Waals surface area contributed by atoms with Gasteiger partial charge in [-0.3, -0.25) is 4.79 Å². The highest BCUT2D eigenvalue weighted by atomic mass is 16.4. The molecule has 0 radical (unpaired) electrons. The summed E-state index contributed by atoms with van der Waals surface area (Å²) in [7, 11) is 0. The molecule has 0 aliphatic carbocycles. The number of nitrogens with zero attached hydrogens (tertiary/aromatic N) is 2. The first-order valence-electron chi connectivity index (χ1n) is 4.52. The molecule has 1 N–H and O–H groups in total. The van der Waals surface area contributed by atoms with E-state index in [1.807, 2.05) is 0 Å². The molecule has 15 heavy (non-hydrogen) atoms. The van der Waals surface area contributed by atoms with Crippen LogP contribution in [0.1, 0.15) is 19.3 Å². The molecule has 0 heterocycles. The quantitative estimate of drug-likeness (QED) is 0.360. The van der Waals surface area contributed by atoms with Crippen LogP contribution in [0.25, 0.3) is 0 Å². The van der Waals surface area contributed by atoms with E-state index < -0.39 is 11.9 Å². The van der Waals surface area contributed by atoms with Crippen molar-refractivity contribution in [2.75, 3.05) is 13.1 Å². The van der Waals surface area contributed by atoms with Gasteiger partial charge in [0.15, 0.2) is 0 Å². The standard InChI is InChI=1S/C9H12N2O4/c12-6-10-4-2-1-3-8(9(14)15)5-11-7-13/h8H,1-5H2,(H,14,15). The van der Waals surface area contributed by atoms with E-state index in [0.717, 1.165) is 0 Å². The highest BCUT2D eigenvalue weighted by molar-refractivity contribution is 5.70. The Morgan fingerprint density at radius 1 is 1.20 bits per heavy atom. The number of carbonyl (C=O) groups is 1. The van der Waals surface area contributed by atoms with Gasteiger partial charge < -0.3 is 5.11 Å². The van der Waals surface area contributed by atoms with Crippen molar-refractivity contribution in [3.8, 4) is 0 Å². The number of aliphatic carboxylic acids is 1. The van der Waals surface area contributed by atoms with E-state index in [1.165, 1.54) is 12.2 Å². The van der Waals surface area contributed by atoms with Crippen LogP contribution in [0, 0.1) is 5.92 Å². The van der Waals surface area contributed by atoms with Crippen LogP contribution in [-0.4, -0.2) is 36.3 Å². The fourth-order valence-corrected chi connectivity index (χ4v) is 1.07. The van der Waals surface area contributed by atoms with Gasteiger partial charge in [-0.25, -0.2) is 19.6 Å². The van der Waals surface area contributed by atoms with Crippen LogP contribution in [-0.2, 0) is 14.4 Å². The summed E-state index contributed by atoms with van der Waals surface area (Å²) in [5, 5.41) is 8.73. The van der Waals surface area contributed by atoms with E-state index in [2.05, 4.69) is 9.98 Å². The molecule has 82 valence electrons.